The van der Waals surface area contributed by atoms with Gasteiger partial charge < -0.3 is 11.1 Å². The van der Waals surface area contributed by atoms with Gasteiger partial charge in [-0.05, 0) is 54.7 Å². The number of rotatable bonds is 7. The summed E-state index contributed by atoms with van der Waals surface area (Å²) in [6.45, 7) is 0.154. The molecule has 0 heterocycles. The molecule has 1 aliphatic rings. The second-order valence-corrected chi connectivity index (χ2v) is 7.17. The number of hydrogen-bond donors (Lipinski definition) is 2. The average molecular weight is 375 g/mol. The summed E-state index contributed by atoms with van der Waals surface area (Å²) in [5.41, 5.74) is 6.65. The smallest absolute Gasteiger partial charge is 0.230 e. The van der Waals surface area contributed by atoms with Crippen molar-refractivity contribution in [3.8, 4) is 0 Å². The highest BCUT2D eigenvalue weighted by Gasteiger charge is 2.51. The molecule has 0 bridgehead atoms. The van der Waals surface area contributed by atoms with Crippen LogP contribution < -0.4 is 11.1 Å². The van der Waals surface area contributed by atoms with E-state index in [2.05, 4.69) is 5.32 Å². The number of primary amides is 1. The van der Waals surface area contributed by atoms with Crippen molar-refractivity contribution in [1.29, 1.82) is 0 Å². The molecule has 4 nitrogen and oxygen atoms in total. The monoisotopic (exact) mass is 374 g/mol. The summed E-state index contributed by atoms with van der Waals surface area (Å²) >= 11 is 5.91. The van der Waals surface area contributed by atoms with Crippen LogP contribution in [0.25, 0.3) is 0 Å². The number of nitrogens with one attached hydrogen (secondary N) is 1. The van der Waals surface area contributed by atoms with E-state index in [1.165, 1.54) is 12.1 Å². The number of carbonyl (C=O) groups excluding carboxylic acids is 2. The molecule has 0 saturated heterocycles. The van der Waals surface area contributed by atoms with Crippen LogP contribution in [0.2, 0.25) is 5.02 Å². The molecule has 1 atom stereocenters. The first kappa shape index (κ1) is 18.4. The van der Waals surface area contributed by atoms with Gasteiger partial charge in [-0.15, -0.1) is 0 Å². The molecule has 3 rings (SSSR count). The summed E-state index contributed by atoms with van der Waals surface area (Å²) in [5.74, 6) is -1.49. The van der Waals surface area contributed by atoms with Gasteiger partial charge in [0.2, 0.25) is 11.8 Å². The lowest BCUT2D eigenvalue weighted by Gasteiger charge is -2.19. The van der Waals surface area contributed by atoms with Gasteiger partial charge in [-0.25, -0.2) is 4.39 Å². The largest absolute Gasteiger partial charge is 0.369 e. The summed E-state index contributed by atoms with van der Waals surface area (Å²) in [6.07, 6.45) is 1.88. The second-order valence-electron chi connectivity index (χ2n) is 6.73. The van der Waals surface area contributed by atoms with E-state index in [4.69, 9.17) is 17.3 Å². The molecule has 0 aromatic heterocycles. The van der Waals surface area contributed by atoms with Gasteiger partial charge in [-0.3, -0.25) is 9.59 Å². The van der Waals surface area contributed by atoms with Crippen LogP contribution in [0.3, 0.4) is 0 Å². The highest BCUT2D eigenvalue weighted by Crippen LogP contribution is 2.48. The van der Waals surface area contributed by atoms with Crippen LogP contribution in [-0.2, 0) is 21.4 Å². The molecule has 26 heavy (non-hydrogen) atoms. The zero-order chi connectivity index (χ0) is 18.7. The Morgan fingerprint density at radius 1 is 1.12 bits per heavy atom. The lowest BCUT2D eigenvalue weighted by molar-refractivity contribution is -0.125. The first-order valence-electron chi connectivity index (χ1n) is 8.49. The third-order valence-electron chi connectivity index (χ3n) is 4.89. The van der Waals surface area contributed by atoms with E-state index in [1.54, 1.807) is 24.3 Å². The van der Waals surface area contributed by atoms with E-state index in [9.17, 15) is 14.0 Å². The maximum atomic E-state index is 13.0. The Morgan fingerprint density at radius 3 is 2.27 bits per heavy atom. The quantitative estimate of drug-likeness (QED) is 0.782. The van der Waals surface area contributed by atoms with E-state index in [-0.39, 0.29) is 18.3 Å². The maximum Gasteiger partial charge on any atom is 0.230 e. The Balaban J connectivity index is 1.63. The molecule has 2 aromatic rings. The standard InChI is InChI=1S/C20H20ClFN2O2/c21-16-5-3-15(4-6-16)20(9-10-20)19(26)24-12-14(18(23)25)11-13-1-7-17(22)8-2-13/h1-8,14H,9-12H2,(H2,23,25)(H,24,26). The van der Waals surface area contributed by atoms with Crippen molar-refractivity contribution in [1.82, 2.24) is 5.32 Å². The molecule has 2 aromatic carbocycles. The summed E-state index contributed by atoms with van der Waals surface area (Å²) in [5, 5.41) is 3.49. The van der Waals surface area contributed by atoms with Gasteiger partial charge in [-0.2, -0.15) is 0 Å². The fraction of sp³-hybridized carbons (Fsp3) is 0.300. The normalized spacial score (nSPS) is 15.9. The minimum atomic E-state index is -0.551. The van der Waals surface area contributed by atoms with Crippen molar-refractivity contribution in [2.24, 2.45) is 11.7 Å². The number of carbonyl (C=O) groups is 2. The van der Waals surface area contributed by atoms with E-state index in [0.717, 1.165) is 24.0 Å². The molecule has 1 aliphatic carbocycles. The van der Waals surface area contributed by atoms with E-state index < -0.39 is 17.2 Å². The fourth-order valence-corrected chi connectivity index (χ4v) is 3.23. The summed E-state index contributed by atoms with van der Waals surface area (Å²) < 4.78 is 13.0. The van der Waals surface area contributed by atoms with Crippen molar-refractivity contribution in [3.05, 3.63) is 70.5 Å². The zero-order valence-electron chi connectivity index (χ0n) is 14.2. The minimum Gasteiger partial charge on any atom is -0.369 e. The van der Waals surface area contributed by atoms with Crippen LogP contribution in [0.1, 0.15) is 24.0 Å². The fourth-order valence-electron chi connectivity index (χ4n) is 3.10. The third kappa shape index (κ3) is 4.05. The minimum absolute atomic E-state index is 0.106. The van der Waals surface area contributed by atoms with Gasteiger partial charge in [-0.1, -0.05) is 35.9 Å². The molecule has 0 aliphatic heterocycles. The Labute approximate surface area is 156 Å². The second kappa shape index (κ2) is 7.46. The van der Waals surface area contributed by atoms with Gasteiger partial charge in [0.05, 0.1) is 11.3 Å². The number of amides is 2. The number of benzene rings is 2. The SMILES string of the molecule is NC(=O)C(CNC(=O)C1(c2ccc(Cl)cc2)CC1)Cc1ccc(F)cc1. The molecule has 0 radical (unpaired) electrons. The molecule has 3 N–H and O–H groups in total. The van der Waals surface area contributed by atoms with Crippen LogP contribution in [0.15, 0.2) is 48.5 Å². The molecule has 2 amide bonds. The van der Waals surface area contributed by atoms with Gasteiger partial charge in [0.15, 0.2) is 0 Å². The van der Waals surface area contributed by atoms with Crippen molar-refractivity contribution in [2.45, 2.75) is 24.7 Å². The number of hydrogen-bond acceptors (Lipinski definition) is 2. The molecule has 1 unspecified atom stereocenters. The molecule has 1 fully saturated rings. The van der Waals surface area contributed by atoms with Crippen molar-refractivity contribution in [3.63, 3.8) is 0 Å². The maximum absolute atomic E-state index is 13.0. The van der Waals surface area contributed by atoms with Crippen LogP contribution in [0.5, 0.6) is 0 Å². The van der Waals surface area contributed by atoms with Crippen molar-refractivity contribution in [2.75, 3.05) is 6.54 Å². The predicted molar refractivity (Wildman–Crippen MR) is 98.2 cm³/mol. The summed E-state index contributed by atoms with van der Waals surface area (Å²) in [7, 11) is 0. The molecular weight excluding hydrogens is 355 g/mol. The average Bonchev–Trinajstić information content (AvgIpc) is 3.42. The Morgan fingerprint density at radius 2 is 1.73 bits per heavy atom. The van der Waals surface area contributed by atoms with Gasteiger partial charge in [0.1, 0.15) is 5.82 Å². The van der Waals surface area contributed by atoms with Crippen LogP contribution >= 0.6 is 11.6 Å². The summed E-state index contributed by atoms with van der Waals surface area (Å²) in [4.78, 5) is 24.4. The van der Waals surface area contributed by atoms with E-state index in [1.807, 2.05) is 12.1 Å². The zero-order valence-corrected chi connectivity index (χ0v) is 14.9. The van der Waals surface area contributed by atoms with Crippen LogP contribution in [0, 0.1) is 11.7 Å². The predicted octanol–water partition coefficient (Wildman–Crippen LogP) is 2.97. The summed E-state index contributed by atoms with van der Waals surface area (Å²) in [6, 6.07) is 13.2. The van der Waals surface area contributed by atoms with E-state index >= 15 is 0 Å². The highest BCUT2D eigenvalue weighted by molar-refractivity contribution is 6.30. The highest BCUT2D eigenvalue weighted by atomic mass is 35.5. The third-order valence-corrected chi connectivity index (χ3v) is 5.14. The molecule has 1 saturated carbocycles. The molecule has 136 valence electrons. The number of halogens is 2. The van der Waals surface area contributed by atoms with Crippen molar-refractivity contribution < 1.29 is 14.0 Å². The topological polar surface area (TPSA) is 72.2 Å². The molecule has 6 heteroatoms. The Hall–Kier alpha value is -2.40. The van der Waals surface area contributed by atoms with Crippen LogP contribution in [0.4, 0.5) is 4.39 Å². The lowest BCUT2D eigenvalue weighted by Crippen LogP contribution is -2.41. The first-order valence-corrected chi connectivity index (χ1v) is 8.86. The Kier molecular flexibility index (Phi) is 5.28. The van der Waals surface area contributed by atoms with Gasteiger partial charge in [0.25, 0.3) is 0 Å². The van der Waals surface area contributed by atoms with Gasteiger partial charge >= 0.3 is 0 Å². The van der Waals surface area contributed by atoms with Crippen molar-refractivity contribution >= 4 is 23.4 Å². The molecule has 0 spiro atoms. The molecular formula is C20H20ClFN2O2. The first-order chi connectivity index (χ1) is 12.4. The van der Waals surface area contributed by atoms with E-state index in [0.29, 0.717) is 11.4 Å². The number of nitrogens with two attached hydrogens (primary N) is 1. The van der Waals surface area contributed by atoms with Crippen LogP contribution in [-0.4, -0.2) is 18.4 Å². The van der Waals surface area contributed by atoms with Gasteiger partial charge in [0, 0.05) is 11.6 Å². The Bertz CT molecular complexity index is 802. The lowest BCUT2D eigenvalue weighted by atomic mass is 9.94.